The molecule has 32 heavy (non-hydrogen) atoms. The number of aromatic nitrogens is 4. The highest BCUT2D eigenvalue weighted by Crippen LogP contribution is 2.23. The molecule has 4 rings (SSSR count). The lowest BCUT2D eigenvalue weighted by Crippen LogP contribution is -2.35. The largest absolute Gasteiger partial charge is 0.281 e. The minimum absolute atomic E-state index is 0.261. The van der Waals surface area contributed by atoms with Crippen LogP contribution < -0.4 is 11.0 Å². The van der Waals surface area contributed by atoms with Crippen LogP contribution in [0.4, 0.5) is 0 Å². The van der Waals surface area contributed by atoms with Crippen LogP contribution in [0.3, 0.4) is 0 Å². The highest BCUT2D eigenvalue weighted by Gasteiger charge is 2.15. The standard InChI is InChI=1S/C23H24BrN5O2S/c1-5-7-18-11-19-22(32-18)25-15(4)29(23(19)31)27-21(30)17-9-6-8-16(10-17)12-28-14(3)20(24)13(2)26-28/h6,8-11H,5,7,12H2,1-4H3,(H,27,30). The summed E-state index contributed by atoms with van der Waals surface area (Å²) >= 11 is 5.08. The molecular weight excluding hydrogens is 490 g/mol. The zero-order chi connectivity index (χ0) is 23.0. The second-order valence-electron chi connectivity index (χ2n) is 7.76. The summed E-state index contributed by atoms with van der Waals surface area (Å²) in [6, 6.07) is 9.21. The molecule has 0 fully saturated rings. The van der Waals surface area contributed by atoms with Crippen LogP contribution >= 0.6 is 27.3 Å². The second-order valence-corrected chi connectivity index (χ2v) is 9.67. The summed E-state index contributed by atoms with van der Waals surface area (Å²) < 4.78 is 4.12. The zero-order valence-electron chi connectivity index (χ0n) is 18.4. The number of carbonyl (C=O) groups is 1. The van der Waals surface area contributed by atoms with Gasteiger partial charge in [0.1, 0.15) is 10.7 Å². The molecule has 0 saturated carbocycles. The van der Waals surface area contributed by atoms with Gasteiger partial charge in [-0.1, -0.05) is 25.5 Å². The van der Waals surface area contributed by atoms with E-state index < -0.39 is 0 Å². The Labute approximate surface area is 198 Å². The van der Waals surface area contributed by atoms with Crippen molar-refractivity contribution in [3.63, 3.8) is 0 Å². The summed E-state index contributed by atoms with van der Waals surface area (Å²) in [5.41, 5.74) is 5.81. The van der Waals surface area contributed by atoms with Crippen LogP contribution in [-0.2, 0) is 13.0 Å². The highest BCUT2D eigenvalue weighted by molar-refractivity contribution is 9.10. The Bertz CT molecular complexity index is 1390. The molecule has 0 aliphatic heterocycles. The van der Waals surface area contributed by atoms with Crippen LogP contribution in [0.25, 0.3) is 10.2 Å². The van der Waals surface area contributed by atoms with Gasteiger partial charge in [0.15, 0.2) is 0 Å². The average Bonchev–Trinajstić information content (AvgIpc) is 3.27. The third kappa shape index (κ3) is 4.27. The number of thiophene rings is 1. The van der Waals surface area contributed by atoms with E-state index in [9.17, 15) is 9.59 Å². The number of amides is 1. The molecular formula is C23H24BrN5O2S. The minimum Gasteiger partial charge on any atom is -0.267 e. The van der Waals surface area contributed by atoms with E-state index in [0.717, 1.165) is 39.1 Å². The number of carbonyl (C=O) groups excluding carboxylic acids is 1. The van der Waals surface area contributed by atoms with Gasteiger partial charge in [0.05, 0.1) is 27.8 Å². The van der Waals surface area contributed by atoms with Crippen LogP contribution in [0.15, 0.2) is 39.6 Å². The summed E-state index contributed by atoms with van der Waals surface area (Å²) in [7, 11) is 0. The van der Waals surface area contributed by atoms with Crippen molar-refractivity contribution in [3.8, 4) is 0 Å². The Kier molecular flexibility index (Phi) is 6.30. The van der Waals surface area contributed by atoms with Crippen LogP contribution in [-0.4, -0.2) is 25.3 Å². The van der Waals surface area contributed by atoms with E-state index in [2.05, 4.69) is 38.4 Å². The van der Waals surface area contributed by atoms with Gasteiger partial charge in [-0.2, -0.15) is 5.10 Å². The second kappa shape index (κ2) is 8.99. The molecule has 166 valence electrons. The van der Waals surface area contributed by atoms with Crippen molar-refractivity contribution in [2.45, 2.75) is 47.1 Å². The molecule has 1 aromatic carbocycles. The van der Waals surface area contributed by atoms with Gasteiger partial charge in [0.25, 0.3) is 11.5 Å². The van der Waals surface area contributed by atoms with E-state index in [1.807, 2.05) is 42.8 Å². The molecule has 0 spiro atoms. The third-order valence-corrected chi connectivity index (χ3v) is 7.54. The summed E-state index contributed by atoms with van der Waals surface area (Å²) in [5.74, 6) is 0.0844. The van der Waals surface area contributed by atoms with Crippen molar-refractivity contribution in [3.05, 3.63) is 78.4 Å². The van der Waals surface area contributed by atoms with E-state index in [4.69, 9.17) is 0 Å². The summed E-state index contributed by atoms with van der Waals surface area (Å²) in [4.78, 5) is 32.3. The number of rotatable bonds is 6. The van der Waals surface area contributed by atoms with Crippen LogP contribution in [0.1, 0.15) is 51.4 Å². The maximum absolute atomic E-state index is 13.0. The van der Waals surface area contributed by atoms with E-state index in [1.165, 1.54) is 16.0 Å². The molecule has 0 aliphatic carbocycles. The first-order valence-electron chi connectivity index (χ1n) is 10.4. The molecule has 0 atom stereocenters. The smallest absolute Gasteiger partial charge is 0.267 e. The highest BCUT2D eigenvalue weighted by atomic mass is 79.9. The maximum atomic E-state index is 13.0. The van der Waals surface area contributed by atoms with Crippen LogP contribution in [0.2, 0.25) is 0 Å². The number of fused-ring (bicyclic) bond motifs is 1. The van der Waals surface area contributed by atoms with Crippen molar-refractivity contribution >= 4 is 43.4 Å². The quantitative estimate of drug-likeness (QED) is 0.404. The molecule has 7 nitrogen and oxygen atoms in total. The van der Waals surface area contributed by atoms with Crippen molar-refractivity contribution < 1.29 is 4.79 Å². The van der Waals surface area contributed by atoms with Gasteiger partial charge in [-0.3, -0.25) is 19.7 Å². The van der Waals surface area contributed by atoms with Gasteiger partial charge in [-0.15, -0.1) is 11.3 Å². The monoisotopic (exact) mass is 513 g/mol. The number of halogens is 1. The first-order chi connectivity index (χ1) is 15.3. The molecule has 9 heteroatoms. The van der Waals surface area contributed by atoms with E-state index in [1.54, 1.807) is 13.0 Å². The third-order valence-electron chi connectivity index (χ3n) is 5.31. The van der Waals surface area contributed by atoms with Gasteiger partial charge in [-0.25, -0.2) is 9.66 Å². The lowest BCUT2D eigenvalue weighted by Gasteiger charge is -2.12. The molecule has 1 amide bonds. The Morgan fingerprint density at radius 2 is 2.00 bits per heavy atom. The Morgan fingerprint density at radius 1 is 1.22 bits per heavy atom. The fourth-order valence-electron chi connectivity index (χ4n) is 3.61. The first kappa shape index (κ1) is 22.4. The van der Waals surface area contributed by atoms with Crippen LogP contribution in [0.5, 0.6) is 0 Å². The van der Waals surface area contributed by atoms with Gasteiger partial charge in [0.2, 0.25) is 0 Å². The minimum atomic E-state index is -0.364. The van der Waals surface area contributed by atoms with Gasteiger partial charge < -0.3 is 0 Å². The molecule has 3 aromatic heterocycles. The first-order valence-corrected chi connectivity index (χ1v) is 12.0. The van der Waals surface area contributed by atoms with Crippen molar-refractivity contribution in [1.29, 1.82) is 0 Å². The fraction of sp³-hybridized carbons (Fsp3) is 0.304. The summed E-state index contributed by atoms with van der Waals surface area (Å²) in [6.07, 6.45) is 1.91. The number of aryl methyl sites for hydroxylation is 3. The molecule has 0 unspecified atom stereocenters. The predicted molar refractivity (Wildman–Crippen MR) is 131 cm³/mol. The van der Waals surface area contributed by atoms with Gasteiger partial charge in [0, 0.05) is 10.4 Å². The number of hydrogen-bond acceptors (Lipinski definition) is 5. The number of nitrogens with zero attached hydrogens (tertiary/aromatic N) is 4. The molecule has 0 saturated heterocycles. The van der Waals surface area contributed by atoms with Gasteiger partial charge >= 0.3 is 0 Å². The fourth-order valence-corrected chi connectivity index (χ4v) is 5.06. The Morgan fingerprint density at radius 3 is 2.69 bits per heavy atom. The van der Waals surface area contributed by atoms with Gasteiger partial charge in [-0.05, 0) is 66.9 Å². The average molecular weight is 514 g/mol. The number of hydrogen-bond donors (Lipinski definition) is 1. The van der Waals surface area contributed by atoms with Crippen molar-refractivity contribution in [2.75, 3.05) is 5.43 Å². The topological polar surface area (TPSA) is 81.8 Å². The molecule has 3 heterocycles. The summed E-state index contributed by atoms with van der Waals surface area (Å²) in [6.45, 7) is 8.30. The number of benzene rings is 1. The summed E-state index contributed by atoms with van der Waals surface area (Å²) in [5, 5.41) is 5.07. The molecule has 0 bridgehead atoms. The predicted octanol–water partition coefficient (Wildman–Crippen LogP) is 4.73. The number of nitrogens with one attached hydrogen (secondary N) is 1. The lowest BCUT2D eigenvalue weighted by atomic mass is 10.1. The molecule has 4 aromatic rings. The van der Waals surface area contributed by atoms with Crippen molar-refractivity contribution in [2.24, 2.45) is 0 Å². The van der Waals surface area contributed by atoms with Crippen molar-refractivity contribution in [1.82, 2.24) is 19.4 Å². The SMILES string of the molecule is CCCc1cc2c(=O)n(NC(=O)c3cccc(Cn4nc(C)c(Br)c4C)c3)c(C)nc2s1. The van der Waals surface area contributed by atoms with Crippen LogP contribution in [0, 0.1) is 20.8 Å². The van der Waals surface area contributed by atoms with E-state index in [-0.39, 0.29) is 11.5 Å². The van der Waals surface area contributed by atoms with E-state index in [0.29, 0.717) is 28.1 Å². The Balaban J connectivity index is 1.60. The zero-order valence-corrected chi connectivity index (χ0v) is 20.8. The normalized spacial score (nSPS) is 11.3. The lowest BCUT2D eigenvalue weighted by molar-refractivity contribution is 0.101. The Hall–Kier alpha value is -2.78. The molecule has 0 radical (unpaired) electrons. The van der Waals surface area contributed by atoms with E-state index >= 15 is 0 Å². The maximum Gasteiger partial charge on any atom is 0.281 e. The molecule has 1 N–H and O–H groups in total. The molecule has 0 aliphatic rings.